The van der Waals surface area contributed by atoms with Gasteiger partial charge in [-0.1, -0.05) is 48.5 Å². The van der Waals surface area contributed by atoms with Gasteiger partial charge in [-0.25, -0.2) is 0 Å². The Morgan fingerprint density at radius 2 is 1.19 bits per heavy atom. The number of aromatic nitrogens is 1. The van der Waals surface area contributed by atoms with E-state index in [0.29, 0.717) is 32.8 Å². The molecule has 1 aliphatic rings. The Bertz CT molecular complexity index is 2170. The first kappa shape index (κ1) is 20.1. The highest BCUT2D eigenvalue weighted by Gasteiger charge is 2.28. The zero-order valence-electron chi connectivity index (χ0n) is 19.5. The van der Waals surface area contributed by atoms with Gasteiger partial charge in [0, 0.05) is 21.8 Å². The number of rotatable bonds is 1. The molecule has 0 spiro atoms. The second kappa shape index (κ2) is 7.18. The summed E-state index contributed by atoms with van der Waals surface area (Å²) in [5, 5.41) is 2.21. The third-order valence-electron chi connectivity index (χ3n) is 7.28. The summed E-state index contributed by atoms with van der Waals surface area (Å²) in [5.74, 6) is 1.33. The lowest BCUT2D eigenvalue weighted by atomic mass is 10.0. The number of pyridine rings is 2. The van der Waals surface area contributed by atoms with Crippen LogP contribution in [0.15, 0.2) is 119 Å². The molecule has 2 aromatic heterocycles. The van der Waals surface area contributed by atoms with Crippen LogP contribution < -0.4 is 20.5 Å². The molecule has 0 unspecified atom stereocenters. The van der Waals surface area contributed by atoms with Crippen molar-refractivity contribution in [3.63, 3.8) is 0 Å². The molecule has 0 saturated heterocycles. The topological polar surface area (TPSA) is 51.0 Å². The Hall–Kier alpha value is -5.16. The third-order valence-corrected chi connectivity index (χ3v) is 7.28. The van der Waals surface area contributed by atoms with Crippen molar-refractivity contribution in [3.05, 3.63) is 130 Å². The van der Waals surface area contributed by atoms with Gasteiger partial charge >= 0.3 is 0 Å². The molecule has 0 radical (unpaired) electrons. The van der Waals surface area contributed by atoms with E-state index >= 15 is 0 Å². The van der Waals surface area contributed by atoms with E-state index in [2.05, 4.69) is 21.4 Å². The number of ether oxygens (including phenoxy) is 1. The summed E-state index contributed by atoms with van der Waals surface area (Å²) in [6.45, 7) is 0. The van der Waals surface area contributed by atoms with Crippen LogP contribution in [0.4, 0.5) is 17.1 Å². The molecule has 0 atom stereocenters. The van der Waals surface area contributed by atoms with Crippen molar-refractivity contribution < 1.29 is 4.74 Å². The van der Waals surface area contributed by atoms with E-state index in [1.807, 2.05) is 78.9 Å². The normalized spacial score (nSPS) is 12.7. The molecule has 0 aliphatic carbocycles. The highest BCUT2D eigenvalue weighted by atomic mass is 16.5. The lowest BCUT2D eigenvalue weighted by molar-refractivity contribution is 0.477. The van der Waals surface area contributed by atoms with Crippen LogP contribution >= 0.6 is 0 Å². The number of para-hydroxylation sites is 5. The Morgan fingerprint density at radius 3 is 2.03 bits per heavy atom. The van der Waals surface area contributed by atoms with Crippen molar-refractivity contribution in [2.75, 3.05) is 4.90 Å². The molecule has 5 nitrogen and oxygen atoms in total. The SMILES string of the molecule is O=c1c2ccccc2n2c3cc4c(cc3c(=O)c3cccc1c32)Oc1ccccc1N4c1ccccc1. The van der Waals surface area contributed by atoms with Crippen molar-refractivity contribution in [2.45, 2.75) is 0 Å². The number of fused-ring (bicyclic) bond motifs is 6. The number of anilines is 3. The van der Waals surface area contributed by atoms with Crippen LogP contribution in [0, 0.1) is 0 Å². The Labute approximate surface area is 210 Å². The average Bonchev–Trinajstić information content (AvgIpc) is 2.95. The number of benzene rings is 5. The van der Waals surface area contributed by atoms with Crippen LogP contribution in [0.5, 0.6) is 11.5 Å². The van der Waals surface area contributed by atoms with Crippen LogP contribution in [0.25, 0.3) is 38.1 Å². The first-order valence-corrected chi connectivity index (χ1v) is 12.1. The van der Waals surface area contributed by atoms with Crippen molar-refractivity contribution >= 4 is 55.2 Å². The number of hydrogen-bond donors (Lipinski definition) is 0. The molecule has 5 aromatic carbocycles. The van der Waals surface area contributed by atoms with Crippen LogP contribution in [-0.4, -0.2) is 4.40 Å². The fourth-order valence-corrected chi connectivity index (χ4v) is 5.68. The smallest absolute Gasteiger partial charge is 0.197 e. The molecule has 0 saturated carbocycles. The van der Waals surface area contributed by atoms with E-state index in [1.165, 1.54) is 0 Å². The predicted molar refractivity (Wildman–Crippen MR) is 148 cm³/mol. The lowest BCUT2D eigenvalue weighted by Gasteiger charge is -2.33. The predicted octanol–water partition coefficient (Wildman–Crippen LogP) is 7.13. The average molecular weight is 479 g/mol. The second-order valence-corrected chi connectivity index (χ2v) is 9.29. The van der Waals surface area contributed by atoms with Gasteiger partial charge < -0.3 is 14.0 Å². The quantitative estimate of drug-likeness (QED) is 0.186. The monoisotopic (exact) mass is 478 g/mol. The summed E-state index contributed by atoms with van der Waals surface area (Å²) < 4.78 is 8.42. The molecule has 0 fully saturated rings. The summed E-state index contributed by atoms with van der Waals surface area (Å²) >= 11 is 0. The van der Waals surface area contributed by atoms with E-state index in [4.69, 9.17) is 4.74 Å². The van der Waals surface area contributed by atoms with Gasteiger partial charge in [-0.2, -0.15) is 0 Å². The molecule has 37 heavy (non-hydrogen) atoms. The minimum atomic E-state index is -0.119. The van der Waals surface area contributed by atoms with Crippen LogP contribution in [0.2, 0.25) is 0 Å². The summed E-state index contributed by atoms with van der Waals surface area (Å²) in [7, 11) is 0. The van der Waals surface area contributed by atoms with Crippen molar-refractivity contribution in [3.8, 4) is 11.5 Å². The minimum Gasteiger partial charge on any atom is -0.453 e. The molecule has 0 bridgehead atoms. The molecule has 0 N–H and O–H groups in total. The van der Waals surface area contributed by atoms with Gasteiger partial charge in [-0.15, -0.1) is 0 Å². The fourth-order valence-electron chi connectivity index (χ4n) is 5.68. The largest absolute Gasteiger partial charge is 0.453 e. The molecule has 1 aliphatic heterocycles. The van der Waals surface area contributed by atoms with E-state index in [9.17, 15) is 9.59 Å². The van der Waals surface area contributed by atoms with Gasteiger partial charge in [0.2, 0.25) is 0 Å². The molecular formula is C32H18N2O3. The Balaban J connectivity index is 1.59. The van der Waals surface area contributed by atoms with Gasteiger partial charge in [0.1, 0.15) is 0 Å². The number of hydrogen-bond acceptors (Lipinski definition) is 4. The van der Waals surface area contributed by atoms with Gasteiger partial charge in [-0.05, 0) is 60.7 Å². The minimum absolute atomic E-state index is 0.0684. The maximum Gasteiger partial charge on any atom is 0.197 e. The van der Waals surface area contributed by atoms with Crippen LogP contribution in [-0.2, 0) is 0 Å². The zero-order chi connectivity index (χ0) is 24.7. The fraction of sp³-hybridized carbons (Fsp3) is 0. The summed E-state index contributed by atoms with van der Waals surface area (Å²) in [6.07, 6.45) is 0. The second-order valence-electron chi connectivity index (χ2n) is 9.29. The van der Waals surface area contributed by atoms with Crippen molar-refractivity contribution in [1.29, 1.82) is 0 Å². The molecular weight excluding hydrogens is 460 g/mol. The molecule has 0 amide bonds. The molecule has 174 valence electrons. The van der Waals surface area contributed by atoms with Crippen molar-refractivity contribution in [2.24, 2.45) is 0 Å². The van der Waals surface area contributed by atoms with Gasteiger partial charge in [-0.3, -0.25) is 9.59 Å². The Kier molecular flexibility index (Phi) is 3.90. The van der Waals surface area contributed by atoms with Gasteiger partial charge in [0.05, 0.1) is 33.3 Å². The molecule has 5 heteroatoms. The van der Waals surface area contributed by atoms with Crippen LogP contribution in [0.3, 0.4) is 0 Å². The van der Waals surface area contributed by atoms with E-state index in [-0.39, 0.29) is 10.9 Å². The standard InChI is InChI=1S/C32H18N2O3/c35-31-20-11-4-5-14-24(20)34-26-18-27-29(17-23(26)32(36)22-13-8-12-21(31)30(22)34)37-28-16-7-6-15-25(28)33(27)19-9-2-1-3-10-19/h1-18H. The summed E-state index contributed by atoms with van der Waals surface area (Å²) in [4.78, 5) is 29.4. The zero-order valence-corrected chi connectivity index (χ0v) is 19.5. The van der Waals surface area contributed by atoms with E-state index in [0.717, 1.165) is 33.8 Å². The van der Waals surface area contributed by atoms with Gasteiger partial charge in [0.25, 0.3) is 0 Å². The number of nitrogens with zero attached hydrogens (tertiary/aromatic N) is 2. The summed E-state index contributed by atoms with van der Waals surface area (Å²) in [6, 6.07) is 34.8. The molecule has 7 aromatic rings. The highest BCUT2D eigenvalue weighted by molar-refractivity contribution is 6.09. The van der Waals surface area contributed by atoms with Crippen molar-refractivity contribution in [1.82, 2.24) is 4.40 Å². The highest BCUT2D eigenvalue weighted by Crippen LogP contribution is 2.51. The van der Waals surface area contributed by atoms with Gasteiger partial charge in [0.15, 0.2) is 22.4 Å². The molecule has 3 heterocycles. The van der Waals surface area contributed by atoms with Crippen LogP contribution in [0.1, 0.15) is 0 Å². The van der Waals surface area contributed by atoms with E-state index in [1.54, 1.807) is 18.2 Å². The maximum absolute atomic E-state index is 13.8. The first-order chi connectivity index (χ1) is 18.2. The third kappa shape index (κ3) is 2.63. The summed E-state index contributed by atoms with van der Waals surface area (Å²) in [5.41, 5.74) is 4.68. The maximum atomic E-state index is 13.8. The van der Waals surface area contributed by atoms with E-state index < -0.39 is 0 Å². The first-order valence-electron chi connectivity index (χ1n) is 12.1. The lowest BCUT2D eigenvalue weighted by Crippen LogP contribution is -2.18. The Morgan fingerprint density at radius 1 is 0.514 bits per heavy atom. The molecule has 8 rings (SSSR count).